The zero-order valence-electron chi connectivity index (χ0n) is 18.6. The van der Waals surface area contributed by atoms with Gasteiger partial charge < -0.3 is 9.47 Å². The van der Waals surface area contributed by atoms with Gasteiger partial charge in [0.15, 0.2) is 15.8 Å². The van der Waals surface area contributed by atoms with Crippen LogP contribution in [0.1, 0.15) is 21.5 Å². The van der Waals surface area contributed by atoms with Crippen LogP contribution >= 0.6 is 63.1 Å². The summed E-state index contributed by atoms with van der Waals surface area (Å²) in [5.74, 6) is 0.0432. The number of hydrogen-bond acceptors (Lipinski definition) is 6. The topological polar surface area (TPSA) is 67.9 Å². The minimum Gasteiger partial charge on any atom is -0.493 e. The van der Waals surface area contributed by atoms with Gasteiger partial charge in [-0.15, -0.1) is 0 Å². The summed E-state index contributed by atoms with van der Waals surface area (Å²) in [6, 6.07) is 17.2. The highest BCUT2D eigenvalue weighted by Gasteiger charge is 2.34. The number of amides is 2. The summed E-state index contributed by atoms with van der Waals surface area (Å²) in [6.07, 6.45) is 1.67. The summed E-state index contributed by atoms with van der Waals surface area (Å²) in [5.41, 5.74) is 4.40. The second kappa shape index (κ2) is 11.7. The molecule has 3 aromatic carbocycles. The van der Waals surface area contributed by atoms with E-state index in [1.54, 1.807) is 48.5 Å². The van der Waals surface area contributed by atoms with Crippen LogP contribution in [0.2, 0.25) is 10.0 Å². The third-order valence-electron chi connectivity index (χ3n) is 4.99. The molecule has 0 atom stereocenters. The standard InChI is InChI=1S/C25H17BrCl2N2O4S2/c1-33-20-11-14(10-18(26)22(20)34-13-16-4-2-3-5-19(16)28)12-21-24(32)30(25(35)36-21)29-23(31)15-6-8-17(27)9-7-15/h2-12H,13H2,1H3,(H,29,31)/b21-12-. The second-order valence-corrected chi connectivity index (χ2v) is 10.8. The van der Waals surface area contributed by atoms with E-state index in [0.29, 0.717) is 42.0 Å². The smallest absolute Gasteiger partial charge is 0.285 e. The van der Waals surface area contributed by atoms with Gasteiger partial charge in [-0.05, 0) is 82.3 Å². The van der Waals surface area contributed by atoms with E-state index in [0.717, 1.165) is 22.3 Å². The van der Waals surface area contributed by atoms with Crippen LogP contribution in [0, 0.1) is 0 Å². The molecular weight excluding hydrogens is 607 g/mol. The summed E-state index contributed by atoms with van der Waals surface area (Å²) in [7, 11) is 1.53. The summed E-state index contributed by atoms with van der Waals surface area (Å²) < 4.78 is 12.3. The number of thioether (sulfide) groups is 1. The molecule has 4 rings (SSSR count). The molecule has 1 aliphatic rings. The quantitative estimate of drug-likeness (QED) is 0.228. The minimum absolute atomic E-state index is 0.208. The van der Waals surface area contributed by atoms with Crippen molar-refractivity contribution in [2.75, 3.05) is 7.11 Å². The van der Waals surface area contributed by atoms with Gasteiger partial charge in [0.25, 0.3) is 11.8 Å². The Kier molecular flexibility index (Phi) is 8.58. The van der Waals surface area contributed by atoms with Crippen LogP contribution in [-0.2, 0) is 11.4 Å². The molecule has 1 fully saturated rings. The molecule has 0 bridgehead atoms. The molecular formula is C25H17BrCl2N2O4S2. The zero-order valence-corrected chi connectivity index (χ0v) is 23.3. The van der Waals surface area contributed by atoms with Crippen molar-refractivity contribution in [1.29, 1.82) is 0 Å². The van der Waals surface area contributed by atoms with E-state index in [-0.39, 0.29) is 10.9 Å². The molecule has 0 spiro atoms. The van der Waals surface area contributed by atoms with Crippen LogP contribution in [0.3, 0.4) is 0 Å². The molecule has 36 heavy (non-hydrogen) atoms. The number of halogens is 3. The molecule has 1 heterocycles. The highest BCUT2D eigenvalue weighted by molar-refractivity contribution is 9.10. The number of nitrogens with zero attached hydrogens (tertiary/aromatic N) is 1. The molecule has 6 nitrogen and oxygen atoms in total. The van der Waals surface area contributed by atoms with E-state index in [1.165, 1.54) is 7.11 Å². The van der Waals surface area contributed by atoms with E-state index in [9.17, 15) is 9.59 Å². The largest absolute Gasteiger partial charge is 0.493 e. The number of carbonyl (C=O) groups excluding carboxylic acids is 2. The fraction of sp³-hybridized carbons (Fsp3) is 0.0800. The summed E-state index contributed by atoms with van der Waals surface area (Å²) in [4.78, 5) is 25.9. The number of benzene rings is 3. The Morgan fingerprint density at radius 2 is 1.89 bits per heavy atom. The molecule has 0 radical (unpaired) electrons. The van der Waals surface area contributed by atoms with Crippen molar-refractivity contribution in [3.05, 3.63) is 96.8 Å². The summed E-state index contributed by atoms with van der Waals surface area (Å²) >= 11 is 22.0. The Hall–Kier alpha value is -2.56. The Balaban J connectivity index is 1.51. The van der Waals surface area contributed by atoms with Crippen molar-refractivity contribution in [1.82, 2.24) is 10.4 Å². The molecule has 2 amide bonds. The molecule has 3 aromatic rings. The molecule has 184 valence electrons. The van der Waals surface area contributed by atoms with Gasteiger partial charge >= 0.3 is 0 Å². The van der Waals surface area contributed by atoms with E-state index in [4.69, 9.17) is 44.9 Å². The maximum atomic E-state index is 13.0. The predicted molar refractivity (Wildman–Crippen MR) is 150 cm³/mol. The summed E-state index contributed by atoms with van der Waals surface area (Å²) in [5, 5.41) is 2.16. The Bertz CT molecular complexity index is 1380. The zero-order chi connectivity index (χ0) is 25.8. The highest BCUT2D eigenvalue weighted by atomic mass is 79.9. The van der Waals surface area contributed by atoms with Crippen LogP contribution in [0.4, 0.5) is 0 Å². The van der Waals surface area contributed by atoms with Crippen molar-refractivity contribution in [3.8, 4) is 11.5 Å². The van der Waals surface area contributed by atoms with E-state index >= 15 is 0 Å². The maximum Gasteiger partial charge on any atom is 0.285 e. The van der Waals surface area contributed by atoms with Crippen LogP contribution in [0.15, 0.2) is 70.0 Å². The number of thiocarbonyl (C=S) groups is 1. The first-order chi connectivity index (χ1) is 17.3. The molecule has 1 N–H and O–H groups in total. The number of rotatable bonds is 7. The first kappa shape index (κ1) is 26.5. The lowest BCUT2D eigenvalue weighted by atomic mass is 10.1. The Labute approximate surface area is 235 Å². The van der Waals surface area contributed by atoms with E-state index in [1.807, 2.05) is 18.2 Å². The Morgan fingerprint density at radius 3 is 2.58 bits per heavy atom. The van der Waals surface area contributed by atoms with E-state index < -0.39 is 11.8 Å². The van der Waals surface area contributed by atoms with Gasteiger partial charge in [-0.1, -0.05) is 53.2 Å². The lowest BCUT2D eigenvalue weighted by molar-refractivity contribution is -0.123. The number of ether oxygens (including phenoxy) is 2. The third-order valence-corrected chi connectivity index (χ3v) is 7.50. The summed E-state index contributed by atoms with van der Waals surface area (Å²) in [6.45, 7) is 0.250. The molecule has 0 saturated carbocycles. The molecule has 1 saturated heterocycles. The van der Waals surface area contributed by atoms with Crippen molar-refractivity contribution >= 4 is 85.3 Å². The maximum absolute atomic E-state index is 13.0. The second-order valence-electron chi connectivity index (χ2n) is 7.38. The number of methoxy groups -OCH3 is 1. The average molecular weight is 624 g/mol. The molecule has 0 aromatic heterocycles. The number of nitrogens with one attached hydrogen (secondary N) is 1. The minimum atomic E-state index is -0.478. The Morgan fingerprint density at radius 1 is 1.17 bits per heavy atom. The van der Waals surface area contributed by atoms with Crippen molar-refractivity contribution in [2.24, 2.45) is 0 Å². The van der Waals surface area contributed by atoms with Crippen LogP contribution in [-0.4, -0.2) is 28.3 Å². The first-order valence-electron chi connectivity index (χ1n) is 10.3. The van der Waals surface area contributed by atoms with Crippen molar-refractivity contribution < 1.29 is 19.1 Å². The van der Waals surface area contributed by atoms with Crippen LogP contribution < -0.4 is 14.9 Å². The molecule has 0 aliphatic carbocycles. The monoisotopic (exact) mass is 622 g/mol. The van der Waals surface area contributed by atoms with Crippen LogP contribution in [0.25, 0.3) is 6.08 Å². The number of hydrazine groups is 1. The lowest BCUT2D eigenvalue weighted by Crippen LogP contribution is -2.44. The predicted octanol–water partition coefficient (Wildman–Crippen LogP) is 6.89. The fourth-order valence-electron chi connectivity index (χ4n) is 3.21. The molecule has 1 aliphatic heterocycles. The lowest BCUT2D eigenvalue weighted by Gasteiger charge is -2.15. The highest BCUT2D eigenvalue weighted by Crippen LogP contribution is 2.39. The van der Waals surface area contributed by atoms with Gasteiger partial charge in [-0.25, -0.2) is 0 Å². The SMILES string of the molecule is COc1cc(/C=C2\SC(=S)N(NC(=O)c3ccc(Cl)cc3)C2=O)cc(Br)c1OCc1ccccc1Cl. The van der Waals surface area contributed by atoms with Crippen molar-refractivity contribution in [3.63, 3.8) is 0 Å². The van der Waals surface area contributed by atoms with Gasteiger partial charge in [0.05, 0.1) is 16.5 Å². The number of carbonyl (C=O) groups is 2. The molecule has 11 heteroatoms. The van der Waals surface area contributed by atoms with Gasteiger partial charge in [0, 0.05) is 21.2 Å². The van der Waals surface area contributed by atoms with Crippen molar-refractivity contribution in [2.45, 2.75) is 6.61 Å². The first-order valence-corrected chi connectivity index (χ1v) is 13.1. The van der Waals surface area contributed by atoms with Gasteiger partial charge in [-0.2, -0.15) is 5.01 Å². The number of hydrogen-bond donors (Lipinski definition) is 1. The fourth-order valence-corrected chi connectivity index (χ4v) is 5.28. The van der Waals surface area contributed by atoms with Gasteiger partial charge in [0.1, 0.15) is 6.61 Å². The van der Waals surface area contributed by atoms with Gasteiger partial charge in [-0.3, -0.25) is 15.0 Å². The normalized spacial score (nSPS) is 14.3. The van der Waals surface area contributed by atoms with E-state index in [2.05, 4.69) is 21.4 Å². The third kappa shape index (κ3) is 6.04. The molecule has 0 unspecified atom stereocenters. The van der Waals surface area contributed by atoms with Crippen LogP contribution in [0.5, 0.6) is 11.5 Å². The van der Waals surface area contributed by atoms with Gasteiger partial charge in [0.2, 0.25) is 0 Å². The average Bonchev–Trinajstić information content (AvgIpc) is 3.11.